The fourth-order valence-electron chi connectivity index (χ4n) is 5.56. The summed E-state index contributed by atoms with van der Waals surface area (Å²) in [6.07, 6.45) is 0.814. The summed E-state index contributed by atoms with van der Waals surface area (Å²) in [5.41, 5.74) is 0.604. The Morgan fingerprint density at radius 1 is 1.00 bits per heavy atom. The van der Waals surface area contributed by atoms with E-state index in [0.29, 0.717) is 26.4 Å². The summed E-state index contributed by atoms with van der Waals surface area (Å²) in [5, 5.41) is 0.797. The molecule has 0 spiro atoms. The number of carbonyl (C=O) groups is 1. The van der Waals surface area contributed by atoms with Crippen molar-refractivity contribution in [3.8, 4) is 0 Å². The van der Waals surface area contributed by atoms with E-state index in [4.69, 9.17) is 25.8 Å². The van der Waals surface area contributed by atoms with Gasteiger partial charge in [-0.25, -0.2) is 0 Å². The highest BCUT2D eigenvalue weighted by molar-refractivity contribution is 6.31. The predicted octanol–water partition coefficient (Wildman–Crippen LogP) is 1.45. The minimum Gasteiger partial charge on any atom is -0.442 e. The zero-order chi connectivity index (χ0) is 20.6. The molecule has 1 aromatic carbocycles. The van der Waals surface area contributed by atoms with Gasteiger partial charge < -0.3 is 14.2 Å². The minimum absolute atomic E-state index is 0.0759. The molecule has 4 aliphatic rings. The second-order valence-corrected chi connectivity index (χ2v) is 9.05. The van der Waals surface area contributed by atoms with Crippen molar-refractivity contribution in [2.24, 2.45) is 5.92 Å². The molecule has 4 saturated heterocycles. The predicted molar refractivity (Wildman–Crippen MR) is 112 cm³/mol. The molecule has 0 bridgehead atoms. The Morgan fingerprint density at radius 3 is 2.43 bits per heavy atom. The van der Waals surface area contributed by atoms with Crippen LogP contribution < -0.4 is 0 Å². The lowest BCUT2D eigenvalue weighted by molar-refractivity contribution is -0.199. The van der Waals surface area contributed by atoms with Gasteiger partial charge in [-0.3, -0.25) is 19.5 Å². The summed E-state index contributed by atoms with van der Waals surface area (Å²) in [7, 11) is 0. The van der Waals surface area contributed by atoms with Crippen LogP contribution >= 0.6 is 11.6 Å². The fraction of sp³-hybridized carbons (Fsp3) is 0.682. The Morgan fingerprint density at radius 2 is 1.70 bits per heavy atom. The SMILES string of the molecule is O=C1OC2(N3CCOCC3)CCN(Cc3ccccc3Cl)CC2C1N1CCOCC1. The van der Waals surface area contributed by atoms with E-state index in [0.717, 1.165) is 62.8 Å². The first kappa shape index (κ1) is 20.7. The molecular formula is C22H30ClN3O4. The third-order valence-electron chi connectivity index (χ3n) is 7.06. The molecule has 0 aliphatic carbocycles. The Labute approximate surface area is 182 Å². The van der Waals surface area contributed by atoms with Gasteiger partial charge in [-0.1, -0.05) is 29.8 Å². The number of fused-ring (bicyclic) bond motifs is 1. The van der Waals surface area contributed by atoms with E-state index in [2.05, 4.69) is 20.8 Å². The number of halogens is 1. The standard InChI is InChI=1S/C22H30ClN3O4/c23-19-4-2-1-3-17(19)15-24-6-5-22(26-9-13-29-14-10-26)18(16-24)20(21(27)30-22)25-7-11-28-12-8-25/h1-4,18,20H,5-16H2. The Balaban J connectivity index is 1.41. The molecule has 4 aliphatic heterocycles. The van der Waals surface area contributed by atoms with Gasteiger partial charge in [-0.05, 0) is 11.6 Å². The van der Waals surface area contributed by atoms with Crippen LogP contribution in [-0.2, 0) is 25.5 Å². The molecule has 0 saturated carbocycles. The maximum Gasteiger partial charge on any atom is 0.325 e. The van der Waals surface area contributed by atoms with Crippen LogP contribution in [0.25, 0.3) is 0 Å². The first-order valence-electron chi connectivity index (χ1n) is 11.0. The highest BCUT2D eigenvalue weighted by atomic mass is 35.5. The third-order valence-corrected chi connectivity index (χ3v) is 7.43. The molecule has 7 nitrogen and oxygen atoms in total. The molecule has 3 atom stereocenters. The molecule has 0 N–H and O–H groups in total. The van der Waals surface area contributed by atoms with Crippen LogP contribution in [0.2, 0.25) is 5.02 Å². The maximum atomic E-state index is 13.2. The van der Waals surface area contributed by atoms with E-state index in [-0.39, 0.29) is 17.9 Å². The Kier molecular flexibility index (Phi) is 6.01. The number of benzene rings is 1. The van der Waals surface area contributed by atoms with Crippen molar-refractivity contribution in [2.45, 2.75) is 24.7 Å². The van der Waals surface area contributed by atoms with E-state index in [9.17, 15) is 4.79 Å². The molecule has 30 heavy (non-hydrogen) atoms. The van der Waals surface area contributed by atoms with Gasteiger partial charge in [0.25, 0.3) is 0 Å². The van der Waals surface area contributed by atoms with E-state index in [1.165, 1.54) is 0 Å². The normalized spacial score (nSPS) is 34.0. The molecule has 164 valence electrons. The second-order valence-electron chi connectivity index (χ2n) is 8.64. The lowest BCUT2D eigenvalue weighted by Gasteiger charge is -2.50. The quantitative estimate of drug-likeness (QED) is 0.663. The summed E-state index contributed by atoms with van der Waals surface area (Å²) in [4.78, 5) is 20.3. The highest BCUT2D eigenvalue weighted by Gasteiger charge is 2.62. The number of esters is 1. The van der Waals surface area contributed by atoms with Gasteiger partial charge in [0, 0.05) is 57.3 Å². The van der Waals surface area contributed by atoms with Crippen molar-refractivity contribution < 1.29 is 19.0 Å². The number of nitrogens with zero attached hydrogens (tertiary/aromatic N) is 3. The van der Waals surface area contributed by atoms with Crippen LogP contribution in [0.5, 0.6) is 0 Å². The number of likely N-dealkylation sites (tertiary alicyclic amines) is 1. The van der Waals surface area contributed by atoms with Crippen LogP contribution in [0.4, 0.5) is 0 Å². The molecule has 4 heterocycles. The summed E-state index contributed by atoms with van der Waals surface area (Å²) in [6, 6.07) is 7.80. The topological polar surface area (TPSA) is 54.5 Å². The van der Waals surface area contributed by atoms with E-state index < -0.39 is 5.72 Å². The molecule has 8 heteroatoms. The summed E-state index contributed by atoms with van der Waals surface area (Å²) < 4.78 is 17.4. The second kappa shape index (κ2) is 8.73. The smallest absolute Gasteiger partial charge is 0.325 e. The lowest BCUT2D eigenvalue weighted by Crippen LogP contribution is -2.64. The number of carbonyl (C=O) groups excluding carboxylic acids is 1. The van der Waals surface area contributed by atoms with Crippen molar-refractivity contribution in [1.29, 1.82) is 0 Å². The average Bonchev–Trinajstić information content (AvgIpc) is 3.09. The average molecular weight is 436 g/mol. The van der Waals surface area contributed by atoms with Gasteiger partial charge in [-0.2, -0.15) is 0 Å². The lowest BCUT2D eigenvalue weighted by atomic mass is 9.82. The molecule has 5 rings (SSSR count). The Bertz CT molecular complexity index is 769. The number of hydrogen-bond donors (Lipinski definition) is 0. The third kappa shape index (κ3) is 3.76. The van der Waals surface area contributed by atoms with Crippen molar-refractivity contribution in [1.82, 2.24) is 14.7 Å². The largest absolute Gasteiger partial charge is 0.442 e. The van der Waals surface area contributed by atoms with Gasteiger partial charge in [0.15, 0.2) is 5.72 Å². The fourth-order valence-corrected chi connectivity index (χ4v) is 5.75. The first-order chi connectivity index (χ1) is 14.7. The maximum absolute atomic E-state index is 13.2. The number of hydrogen-bond acceptors (Lipinski definition) is 7. The zero-order valence-electron chi connectivity index (χ0n) is 17.3. The minimum atomic E-state index is -0.527. The Hall–Kier alpha value is -1.22. The molecule has 0 amide bonds. The number of morpholine rings is 2. The van der Waals surface area contributed by atoms with Crippen LogP contribution in [-0.4, -0.2) is 98.1 Å². The molecule has 0 radical (unpaired) electrons. The highest BCUT2D eigenvalue weighted by Crippen LogP contribution is 2.45. The first-order valence-corrected chi connectivity index (χ1v) is 11.4. The molecule has 0 aromatic heterocycles. The van der Waals surface area contributed by atoms with Crippen molar-refractivity contribution >= 4 is 17.6 Å². The van der Waals surface area contributed by atoms with E-state index in [1.54, 1.807) is 0 Å². The van der Waals surface area contributed by atoms with Gasteiger partial charge in [-0.15, -0.1) is 0 Å². The van der Waals surface area contributed by atoms with Gasteiger partial charge >= 0.3 is 5.97 Å². The number of ether oxygens (including phenoxy) is 3. The number of piperidine rings is 1. The summed E-state index contributed by atoms with van der Waals surface area (Å²) in [6.45, 7) is 8.38. The van der Waals surface area contributed by atoms with Gasteiger partial charge in [0.2, 0.25) is 0 Å². The zero-order valence-corrected chi connectivity index (χ0v) is 18.1. The van der Waals surface area contributed by atoms with Crippen LogP contribution in [0, 0.1) is 5.92 Å². The van der Waals surface area contributed by atoms with Crippen molar-refractivity contribution in [2.75, 3.05) is 65.7 Å². The molecule has 4 fully saturated rings. The number of rotatable bonds is 4. The van der Waals surface area contributed by atoms with Crippen molar-refractivity contribution in [3.63, 3.8) is 0 Å². The van der Waals surface area contributed by atoms with Crippen molar-refractivity contribution in [3.05, 3.63) is 34.9 Å². The van der Waals surface area contributed by atoms with E-state index >= 15 is 0 Å². The van der Waals surface area contributed by atoms with E-state index in [1.807, 2.05) is 18.2 Å². The molecular weight excluding hydrogens is 406 g/mol. The van der Waals surface area contributed by atoms with Crippen LogP contribution in [0.15, 0.2) is 24.3 Å². The summed E-state index contributed by atoms with van der Waals surface area (Å²) in [5.74, 6) is 0.0189. The van der Waals surface area contributed by atoms with Gasteiger partial charge in [0.1, 0.15) is 6.04 Å². The molecule has 1 aromatic rings. The summed E-state index contributed by atoms with van der Waals surface area (Å²) >= 11 is 6.43. The van der Waals surface area contributed by atoms with Crippen LogP contribution in [0.1, 0.15) is 12.0 Å². The molecule has 3 unspecified atom stereocenters. The monoisotopic (exact) mass is 435 g/mol. The van der Waals surface area contributed by atoms with Gasteiger partial charge in [0.05, 0.1) is 32.3 Å². The van der Waals surface area contributed by atoms with Crippen LogP contribution in [0.3, 0.4) is 0 Å².